The molecule has 2 heterocycles. The fraction of sp³-hybridized carbons (Fsp3) is 0.529. The van der Waals surface area contributed by atoms with Crippen LogP contribution in [0.25, 0.3) is 0 Å². The van der Waals surface area contributed by atoms with Crippen LogP contribution in [0.3, 0.4) is 0 Å². The van der Waals surface area contributed by atoms with Crippen LogP contribution < -0.4 is 4.90 Å². The van der Waals surface area contributed by atoms with Gasteiger partial charge in [0, 0.05) is 31.0 Å². The molecule has 1 saturated heterocycles. The highest BCUT2D eigenvalue weighted by molar-refractivity contribution is 7.98. The molecule has 3 rings (SSSR count). The van der Waals surface area contributed by atoms with Gasteiger partial charge in [-0.1, -0.05) is 37.7 Å². The van der Waals surface area contributed by atoms with Crippen molar-refractivity contribution in [1.82, 2.24) is 14.8 Å². The number of morpholine rings is 1. The van der Waals surface area contributed by atoms with Crippen molar-refractivity contribution in [2.75, 3.05) is 31.2 Å². The van der Waals surface area contributed by atoms with E-state index < -0.39 is 11.6 Å². The van der Waals surface area contributed by atoms with Crippen molar-refractivity contribution in [1.29, 1.82) is 0 Å². The molecule has 0 spiro atoms. The van der Waals surface area contributed by atoms with Crippen LogP contribution in [-0.2, 0) is 17.0 Å². The molecule has 0 aliphatic carbocycles. The number of halogens is 2. The first kappa shape index (κ1) is 18.1. The number of anilines is 1. The Bertz CT molecular complexity index is 717. The number of nitrogens with zero attached hydrogens (tertiary/aromatic N) is 4. The summed E-state index contributed by atoms with van der Waals surface area (Å²) < 4.78 is 34.7. The lowest BCUT2D eigenvalue weighted by atomic mass is 10.2. The van der Waals surface area contributed by atoms with Gasteiger partial charge in [0.15, 0.2) is 16.8 Å². The molecular formula is C17H22F2N4OS. The first-order valence-electron chi connectivity index (χ1n) is 8.38. The summed E-state index contributed by atoms with van der Waals surface area (Å²) in [6.45, 7) is 7.93. The van der Waals surface area contributed by atoms with Crippen molar-refractivity contribution in [2.24, 2.45) is 5.92 Å². The van der Waals surface area contributed by atoms with Crippen LogP contribution in [0.2, 0.25) is 0 Å². The van der Waals surface area contributed by atoms with Gasteiger partial charge >= 0.3 is 0 Å². The van der Waals surface area contributed by atoms with Crippen molar-refractivity contribution >= 4 is 17.7 Å². The highest BCUT2D eigenvalue weighted by atomic mass is 32.2. The predicted molar refractivity (Wildman–Crippen MR) is 93.8 cm³/mol. The molecule has 0 bridgehead atoms. The Morgan fingerprint density at radius 3 is 2.68 bits per heavy atom. The highest BCUT2D eigenvalue weighted by Gasteiger charge is 2.21. The molecular weight excluding hydrogens is 346 g/mol. The number of thioether (sulfide) groups is 1. The van der Waals surface area contributed by atoms with Gasteiger partial charge in [-0.3, -0.25) is 4.57 Å². The van der Waals surface area contributed by atoms with Crippen LogP contribution in [-0.4, -0.2) is 41.1 Å². The summed E-state index contributed by atoms with van der Waals surface area (Å²) in [4.78, 5) is 2.16. The maximum absolute atomic E-state index is 13.9. The quantitative estimate of drug-likeness (QED) is 0.732. The Labute approximate surface area is 150 Å². The monoisotopic (exact) mass is 368 g/mol. The number of benzene rings is 1. The van der Waals surface area contributed by atoms with Gasteiger partial charge in [-0.05, 0) is 12.0 Å². The van der Waals surface area contributed by atoms with Crippen molar-refractivity contribution in [3.8, 4) is 0 Å². The third kappa shape index (κ3) is 4.30. The van der Waals surface area contributed by atoms with Gasteiger partial charge < -0.3 is 9.64 Å². The molecule has 0 atom stereocenters. The van der Waals surface area contributed by atoms with Crippen molar-refractivity contribution in [3.63, 3.8) is 0 Å². The van der Waals surface area contributed by atoms with E-state index in [4.69, 9.17) is 4.74 Å². The second kappa shape index (κ2) is 8.14. The van der Waals surface area contributed by atoms with Crippen molar-refractivity contribution < 1.29 is 13.5 Å². The summed E-state index contributed by atoms with van der Waals surface area (Å²) in [6.07, 6.45) is 0. The maximum atomic E-state index is 13.9. The SMILES string of the molecule is CC(C)Cn1c(SCc2cccc(F)c2F)nnc1N1CCOCC1. The van der Waals surface area contributed by atoms with E-state index in [-0.39, 0.29) is 0 Å². The molecule has 0 amide bonds. The number of hydrogen-bond donors (Lipinski definition) is 0. The molecule has 1 fully saturated rings. The minimum absolute atomic E-state index is 0.308. The molecule has 0 unspecified atom stereocenters. The summed E-state index contributed by atoms with van der Waals surface area (Å²) in [7, 11) is 0. The molecule has 2 aromatic rings. The molecule has 0 radical (unpaired) electrons. The zero-order chi connectivity index (χ0) is 17.8. The van der Waals surface area contributed by atoms with Crippen LogP contribution in [0.1, 0.15) is 19.4 Å². The topological polar surface area (TPSA) is 43.2 Å². The Morgan fingerprint density at radius 1 is 1.20 bits per heavy atom. The lowest BCUT2D eigenvalue weighted by molar-refractivity contribution is 0.121. The fourth-order valence-electron chi connectivity index (χ4n) is 2.71. The van der Waals surface area contributed by atoms with Crippen LogP contribution in [0.5, 0.6) is 0 Å². The summed E-state index contributed by atoms with van der Waals surface area (Å²) >= 11 is 1.37. The van der Waals surface area contributed by atoms with E-state index in [1.54, 1.807) is 6.07 Å². The summed E-state index contributed by atoms with van der Waals surface area (Å²) in [5, 5.41) is 9.35. The van der Waals surface area contributed by atoms with E-state index >= 15 is 0 Å². The van der Waals surface area contributed by atoms with Crippen molar-refractivity contribution in [3.05, 3.63) is 35.4 Å². The first-order valence-corrected chi connectivity index (χ1v) is 9.36. The summed E-state index contributed by atoms with van der Waals surface area (Å²) in [5.74, 6) is -0.0718. The van der Waals surface area contributed by atoms with Crippen molar-refractivity contribution in [2.45, 2.75) is 31.3 Å². The molecule has 1 aromatic carbocycles. The molecule has 8 heteroatoms. The largest absolute Gasteiger partial charge is 0.378 e. The summed E-state index contributed by atoms with van der Waals surface area (Å²) in [6, 6.07) is 4.24. The Hall–Kier alpha value is -1.67. The van der Waals surface area contributed by atoms with E-state index in [0.717, 1.165) is 36.8 Å². The molecule has 136 valence electrons. The molecule has 0 saturated carbocycles. The minimum Gasteiger partial charge on any atom is -0.378 e. The average Bonchev–Trinajstić information content (AvgIpc) is 2.99. The van der Waals surface area contributed by atoms with E-state index in [2.05, 4.69) is 33.5 Å². The zero-order valence-electron chi connectivity index (χ0n) is 14.4. The second-order valence-corrected chi connectivity index (χ2v) is 7.33. The standard InChI is InChI=1S/C17H22F2N4OS/c1-12(2)10-23-16(22-6-8-24-9-7-22)20-21-17(23)25-11-13-4-3-5-14(18)15(13)19/h3-5,12H,6-11H2,1-2H3. The number of rotatable bonds is 6. The third-order valence-electron chi connectivity index (χ3n) is 3.93. The van der Waals surface area contributed by atoms with E-state index in [0.29, 0.717) is 30.4 Å². The third-order valence-corrected chi connectivity index (χ3v) is 4.94. The lowest BCUT2D eigenvalue weighted by Gasteiger charge is -2.28. The van der Waals surface area contributed by atoms with Crippen LogP contribution in [0.15, 0.2) is 23.4 Å². The predicted octanol–water partition coefficient (Wildman–Crippen LogP) is 3.34. The van der Waals surface area contributed by atoms with Gasteiger partial charge in [0.05, 0.1) is 13.2 Å². The lowest BCUT2D eigenvalue weighted by Crippen LogP contribution is -2.38. The van der Waals surface area contributed by atoms with Gasteiger partial charge in [-0.2, -0.15) is 0 Å². The molecule has 1 aliphatic heterocycles. The fourth-order valence-corrected chi connectivity index (χ4v) is 3.63. The Balaban J connectivity index is 1.80. The molecule has 25 heavy (non-hydrogen) atoms. The van der Waals surface area contributed by atoms with Crippen LogP contribution >= 0.6 is 11.8 Å². The van der Waals surface area contributed by atoms with Crippen LogP contribution in [0.4, 0.5) is 14.7 Å². The first-order chi connectivity index (χ1) is 12.1. The maximum Gasteiger partial charge on any atom is 0.228 e. The molecule has 0 N–H and O–H groups in total. The number of aromatic nitrogens is 3. The van der Waals surface area contributed by atoms with Gasteiger partial charge in [0.2, 0.25) is 5.95 Å². The zero-order valence-corrected chi connectivity index (χ0v) is 15.2. The van der Waals surface area contributed by atoms with Gasteiger partial charge in [0.1, 0.15) is 0 Å². The normalized spacial score (nSPS) is 15.2. The van der Waals surface area contributed by atoms with E-state index in [1.165, 1.54) is 17.8 Å². The molecule has 1 aromatic heterocycles. The van der Waals surface area contributed by atoms with Crippen LogP contribution in [0, 0.1) is 17.6 Å². The average molecular weight is 368 g/mol. The Kier molecular flexibility index (Phi) is 5.90. The van der Waals surface area contributed by atoms with Gasteiger partial charge in [0.25, 0.3) is 0 Å². The van der Waals surface area contributed by atoms with Gasteiger partial charge in [-0.15, -0.1) is 10.2 Å². The Morgan fingerprint density at radius 2 is 1.96 bits per heavy atom. The number of ether oxygens (including phenoxy) is 1. The molecule has 5 nitrogen and oxygen atoms in total. The second-order valence-electron chi connectivity index (χ2n) is 6.39. The highest BCUT2D eigenvalue weighted by Crippen LogP contribution is 2.28. The van der Waals surface area contributed by atoms with E-state index in [9.17, 15) is 8.78 Å². The van der Waals surface area contributed by atoms with E-state index in [1.807, 2.05) is 0 Å². The summed E-state index contributed by atoms with van der Waals surface area (Å²) in [5.41, 5.74) is 0.331. The number of hydrogen-bond acceptors (Lipinski definition) is 5. The smallest absolute Gasteiger partial charge is 0.228 e. The minimum atomic E-state index is -0.823. The van der Waals surface area contributed by atoms with Gasteiger partial charge in [-0.25, -0.2) is 8.78 Å². The molecule has 1 aliphatic rings.